The van der Waals surface area contributed by atoms with Crippen LogP contribution in [-0.2, 0) is 4.79 Å². The Labute approximate surface area is 112 Å². The molecule has 0 bridgehead atoms. The lowest BCUT2D eigenvalue weighted by molar-refractivity contribution is -0.138. The predicted molar refractivity (Wildman–Crippen MR) is 66.8 cm³/mol. The number of aliphatic carboxylic acids is 1. The van der Waals surface area contributed by atoms with Crippen LogP contribution >= 0.6 is 0 Å². The number of halogens is 3. The fourth-order valence-electron chi connectivity index (χ4n) is 1.76. The quantitative estimate of drug-likeness (QED) is 0.903. The molecule has 6 heteroatoms. The lowest BCUT2D eigenvalue weighted by atomic mass is 10.1. The maximum atomic E-state index is 13.6. The Morgan fingerprint density at radius 3 is 2.05 bits per heavy atom. The molecule has 0 aliphatic rings. The number of rotatable bonds is 4. The minimum absolute atomic E-state index is 0.237. The van der Waals surface area contributed by atoms with Crippen molar-refractivity contribution in [3.63, 3.8) is 0 Å². The first-order chi connectivity index (χ1) is 9.49. The van der Waals surface area contributed by atoms with Crippen molar-refractivity contribution in [1.82, 2.24) is 0 Å². The molecule has 0 amide bonds. The van der Waals surface area contributed by atoms with Gasteiger partial charge in [0.25, 0.3) is 0 Å². The van der Waals surface area contributed by atoms with Gasteiger partial charge in [0, 0.05) is 5.69 Å². The van der Waals surface area contributed by atoms with Gasteiger partial charge in [-0.3, -0.25) is 0 Å². The van der Waals surface area contributed by atoms with Crippen LogP contribution in [0.15, 0.2) is 42.5 Å². The van der Waals surface area contributed by atoms with E-state index in [0.29, 0.717) is 0 Å². The van der Waals surface area contributed by atoms with Gasteiger partial charge in [0.2, 0.25) is 0 Å². The molecule has 1 atom stereocenters. The molecule has 0 saturated heterocycles. The van der Waals surface area contributed by atoms with E-state index < -0.39 is 35.0 Å². The van der Waals surface area contributed by atoms with E-state index in [1.54, 1.807) is 0 Å². The van der Waals surface area contributed by atoms with Crippen LogP contribution < -0.4 is 5.32 Å². The molecule has 104 valence electrons. The van der Waals surface area contributed by atoms with Gasteiger partial charge in [-0.25, -0.2) is 18.0 Å². The van der Waals surface area contributed by atoms with Crippen LogP contribution in [0.4, 0.5) is 18.9 Å². The zero-order valence-electron chi connectivity index (χ0n) is 10.1. The second-order valence-electron chi connectivity index (χ2n) is 4.06. The zero-order chi connectivity index (χ0) is 14.7. The molecule has 0 spiro atoms. The first-order valence-electron chi connectivity index (χ1n) is 5.68. The molecule has 0 aliphatic carbocycles. The molecule has 0 radical (unpaired) electrons. The smallest absolute Gasteiger partial charge is 0.331 e. The zero-order valence-corrected chi connectivity index (χ0v) is 10.1. The summed E-state index contributed by atoms with van der Waals surface area (Å²) >= 11 is 0. The van der Waals surface area contributed by atoms with Crippen LogP contribution in [-0.4, -0.2) is 11.1 Å². The third kappa shape index (κ3) is 2.90. The minimum Gasteiger partial charge on any atom is -0.479 e. The molecule has 1 unspecified atom stereocenters. The first-order valence-corrected chi connectivity index (χ1v) is 5.68. The Bertz CT molecular complexity index is 609. The average molecular weight is 281 g/mol. The van der Waals surface area contributed by atoms with Gasteiger partial charge in [0.15, 0.2) is 6.04 Å². The van der Waals surface area contributed by atoms with E-state index in [2.05, 4.69) is 5.32 Å². The molecule has 2 aromatic carbocycles. The Morgan fingerprint density at radius 1 is 1.00 bits per heavy atom. The Morgan fingerprint density at radius 2 is 1.55 bits per heavy atom. The molecule has 2 rings (SSSR count). The van der Waals surface area contributed by atoms with Crippen LogP contribution in [0, 0.1) is 17.5 Å². The molecule has 20 heavy (non-hydrogen) atoms. The van der Waals surface area contributed by atoms with Crippen LogP contribution in [0.5, 0.6) is 0 Å². The third-order valence-corrected chi connectivity index (χ3v) is 2.69. The molecule has 0 fully saturated rings. The topological polar surface area (TPSA) is 49.3 Å². The van der Waals surface area contributed by atoms with E-state index in [1.165, 1.54) is 12.1 Å². The van der Waals surface area contributed by atoms with Crippen molar-refractivity contribution in [2.45, 2.75) is 6.04 Å². The number of anilines is 1. The molecule has 0 aliphatic heterocycles. The summed E-state index contributed by atoms with van der Waals surface area (Å²) in [7, 11) is 0. The highest BCUT2D eigenvalue weighted by Gasteiger charge is 2.26. The minimum atomic E-state index is -1.61. The number of nitrogens with one attached hydrogen (secondary N) is 1. The van der Waals surface area contributed by atoms with Crippen molar-refractivity contribution in [3.8, 4) is 0 Å². The van der Waals surface area contributed by atoms with E-state index in [9.17, 15) is 18.0 Å². The van der Waals surface area contributed by atoms with E-state index in [0.717, 1.165) is 30.3 Å². The number of carboxylic acid groups (broad SMARTS) is 1. The summed E-state index contributed by atoms with van der Waals surface area (Å²) < 4.78 is 40.0. The van der Waals surface area contributed by atoms with Crippen LogP contribution in [0.25, 0.3) is 0 Å². The maximum absolute atomic E-state index is 13.6. The van der Waals surface area contributed by atoms with Gasteiger partial charge < -0.3 is 10.4 Å². The van der Waals surface area contributed by atoms with Crippen LogP contribution in [0.1, 0.15) is 11.6 Å². The van der Waals surface area contributed by atoms with Crippen molar-refractivity contribution in [2.24, 2.45) is 0 Å². The monoisotopic (exact) mass is 281 g/mol. The highest BCUT2D eigenvalue weighted by atomic mass is 19.1. The summed E-state index contributed by atoms with van der Waals surface area (Å²) in [5.41, 5.74) is -0.356. The third-order valence-electron chi connectivity index (χ3n) is 2.69. The van der Waals surface area contributed by atoms with Crippen molar-refractivity contribution in [2.75, 3.05) is 5.32 Å². The summed E-state index contributed by atoms with van der Waals surface area (Å²) in [5.74, 6) is -3.88. The Hall–Kier alpha value is -2.50. The molecule has 2 aromatic rings. The summed E-state index contributed by atoms with van der Waals surface area (Å²) in [6.07, 6.45) is 0. The largest absolute Gasteiger partial charge is 0.479 e. The number of carbonyl (C=O) groups is 1. The summed E-state index contributed by atoms with van der Waals surface area (Å²) in [6, 6.07) is 6.26. The fourth-order valence-corrected chi connectivity index (χ4v) is 1.76. The summed E-state index contributed by atoms with van der Waals surface area (Å²) in [4.78, 5) is 11.2. The Balaban J connectivity index is 2.37. The van der Waals surface area contributed by atoms with Gasteiger partial charge in [-0.05, 0) is 36.4 Å². The van der Waals surface area contributed by atoms with Gasteiger partial charge >= 0.3 is 5.97 Å². The molecule has 0 aromatic heterocycles. The van der Waals surface area contributed by atoms with Gasteiger partial charge in [-0.1, -0.05) is 6.07 Å². The number of carboxylic acids is 1. The molecule has 0 saturated carbocycles. The number of hydrogen-bond acceptors (Lipinski definition) is 2. The molecular formula is C14H10F3NO2. The van der Waals surface area contributed by atoms with E-state index in [1.807, 2.05) is 0 Å². The van der Waals surface area contributed by atoms with Crippen molar-refractivity contribution >= 4 is 11.7 Å². The van der Waals surface area contributed by atoms with Gasteiger partial charge in [-0.15, -0.1) is 0 Å². The summed E-state index contributed by atoms with van der Waals surface area (Å²) in [6.45, 7) is 0. The maximum Gasteiger partial charge on any atom is 0.331 e. The molecular weight excluding hydrogens is 271 g/mol. The number of hydrogen-bond donors (Lipinski definition) is 2. The highest BCUT2D eigenvalue weighted by Crippen LogP contribution is 2.25. The first kappa shape index (κ1) is 13.9. The van der Waals surface area contributed by atoms with E-state index in [4.69, 9.17) is 5.11 Å². The van der Waals surface area contributed by atoms with Crippen molar-refractivity contribution < 1.29 is 23.1 Å². The van der Waals surface area contributed by atoms with E-state index in [-0.39, 0.29) is 5.69 Å². The predicted octanol–water partition coefficient (Wildman–Crippen LogP) is 3.34. The molecule has 2 N–H and O–H groups in total. The lowest BCUT2D eigenvalue weighted by Crippen LogP contribution is -2.23. The SMILES string of the molecule is O=C(O)C(Nc1ccc(F)cc1)c1c(F)cccc1F. The standard InChI is InChI=1S/C14H10F3NO2/c15-8-4-6-9(7-5-8)18-13(14(19)20)12-10(16)2-1-3-11(12)17/h1-7,13,18H,(H,19,20). The normalized spacial score (nSPS) is 11.9. The molecule has 3 nitrogen and oxygen atoms in total. The highest BCUT2D eigenvalue weighted by molar-refractivity contribution is 5.79. The second-order valence-corrected chi connectivity index (χ2v) is 4.06. The fraction of sp³-hybridized carbons (Fsp3) is 0.0714. The Kier molecular flexibility index (Phi) is 3.93. The molecule has 0 heterocycles. The average Bonchev–Trinajstić information content (AvgIpc) is 2.39. The lowest BCUT2D eigenvalue weighted by Gasteiger charge is -2.17. The van der Waals surface area contributed by atoms with Gasteiger partial charge in [-0.2, -0.15) is 0 Å². The van der Waals surface area contributed by atoms with Crippen molar-refractivity contribution in [3.05, 3.63) is 65.5 Å². The van der Waals surface area contributed by atoms with Crippen LogP contribution in [0.2, 0.25) is 0 Å². The van der Waals surface area contributed by atoms with Gasteiger partial charge in [0.1, 0.15) is 17.5 Å². The number of benzene rings is 2. The van der Waals surface area contributed by atoms with E-state index >= 15 is 0 Å². The van der Waals surface area contributed by atoms with Crippen molar-refractivity contribution in [1.29, 1.82) is 0 Å². The second kappa shape index (κ2) is 5.64. The van der Waals surface area contributed by atoms with Gasteiger partial charge in [0.05, 0.1) is 5.56 Å². The summed E-state index contributed by atoms with van der Waals surface area (Å²) in [5, 5.41) is 11.6. The van der Waals surface area contributed by atoms with Crippen LogP contribution in [0.3, 0.4) is 0 Å².